The zero-order valence-electron chi connectivity index (χ0n) is 5.97. The fourth-order valence-corrected chi connectivity index (χ4v) is 1.99. The second-order valence-corrected chi connectivity index (χ2v) is 3.48. The molecule has 1 heterocycles. The first-order valence-electron chi connectivity index (χ1n) is 3.40. The summed E-state index contributed by atoms with van der Waals surface area (Å²) in [6, 6.07) is 0. The van der Waals surface area contributed by atoms with E-state index in [1.54, 1.807) is 11.8 Å². The molecular formula is C7H9FO2S. The quantitative estimate of drug-likeness (QED) is 0.619. The molecule has 0 spiro atoms. The summed E-state index contributed by atoms with van der Waals surface area (Å²) >= 11 is 1.59. The second kappa shape index (κ2) is 3.76. The van der Waals surface area contributed by atoms with Gasteiger partial charge in [-0.25, -0.2) is 4.79 Å². The van der Waals surface area contributed by atoms with E-state index in [2.05, 4.69) is 0 Å². The maximum Gasteiger partial charge on any atom is 0.364 e. The molecular weight excluding hydrogens is 167 g/mol. The van der Waals surface area contributed by atoms with Crippen LogP contribution in [0.25, 0.3) is 0 Å². The Morgan fingerprint density at radius 1 is 1.64 bits per heavy atom. The lowest BCUT2D eigenvalue weighted by atomic mass is 10.1. The number of aliphatic carboxylic acids is 1. The van der Waals surface area contributed by atoms with E-state index in [0.717, 1.165) is 12.2 Å². The van der Waals surface area contributed by atoms with Gasteiger partial charge in [0.05, 0.1) is 0 Å². The number of carboxylic acid groups (broad SMARTS) is 1. The molecule has 0 unspecified atom stereocenters. The molecule has 1 N–H and O–H groups in total. The Kier molecular flexibility index (Phi) is 2.93. The average molecular weight is 176 g/mol. The van der Waals surface area contributed by atoms with E-state index in [9.17, 15) is 9.18 Å². The molecule has 62 valence electrons. The van der Waals surface area contributed by atoms with Gasteiger partial charge in [0.25, 0.3) is 0 Å². The minimum atomic E-state index is -1.43. The highest BCUT2D eigenvalue weighted by Gasteiger charge is 2.16. The zero-order chi connectivity index (χ0) is 8.27. The first-order valence-corrected chi connectivity index (χ1v) is 4.56. The van der Waals surface area contributed by atoms with Gasteiger partial charge in [0.15, 0.2) is 0 Å². The van der Waals surface area contributed by atoms with E-state index in [0.29, 0.717) is 17.7 Å². The first kappa shape index (κ1) is 8.59. The molecule has 4 heteroatoms. The third kappa shape index (κ3) is 2.22. The van der Waals surface area contributed by atoms with Crippen LogP contribution in [0.5, 0.6) is 0 Å². The molecule has 0 aromatic heterocycles. The Labute approximate surface area is 68.5 Å². The summed E-state index contributed by atoms with van der Waals surface area (Å²) < 4.78 is 12.7. The molecule has 1 fully saturated rings. The van der Waals surface area contributed by atoms with Crippen LogP contribution in [0.1, 0.15) is 12.8 Å². The summed E-state index contributed by atoms with van der Waals surface area (Å²) in [7, 11) is 0. The van der Waals surface area contributed by atoms with Gasteiger partial charge in [-0.1, -0.05) is 0 Å². The third-order valence-corrected chi connectivity index (χ3v) is 2.67. The summed E-state index contributed by atoms with van der Waals surface area (Å²) in [5.74, 6) is -0.825. The number of rotatable bonds is 1. The predicted octanol–water partition coefficient (Wildman–Crippen LogP) is 1.82. The molecule has 1 rings (SSSR count). The van der Waals surface area contributed by atoms with Gasteiger partial charge in [0.1, 0.15) is 0 Å². The summed E-state index contributed by atoms with van der Waals surface area (Å²) in [5, 5.41) is 8.29. The number of carboxylic acids is 1. The summed E-state index contributed by atoms with van der Waals surface area (Å²) in [5.41, 5.74) is 0.453. The topological polar surface area (TPSA) is 37.3 Å². The molecule has 0 aliphatic carbocycles. The van der Waals surface area contributed by atoms with Crippen LogP contribution in [-0.2, 0) is 4.79 Å². The molecule has 0 saturated carbocycles. The lowest BCUT2D eigenvalue weighted by molar-refractivity contribution is -0.134. The number of thioether (sulfide) groups is 1. The number of carbonyl (C=O) groups is 1. The van der Waals surface area contributed by atoms with E-state index in [1.807, 2.05) is 0 Å². The van der Waals surface area contributed by atoms with Gasteiger partial charge in [-0.15, -0.1) is 0 Å². The average Bonchev–Trinajstić information content (AvgIpc) is 2.05. The van der Waals surface area contributed by atoms with Gasteiger partial charge in [0.2, 0.25) is 5.83 Å². The molecule has 11 heavy (non-hydrogen) atoms. The SMILES string of the molecule is O=C(O)C(F)=C1CCCSC1. The maximum absolute atomic E-state index is 12.7. The standard InChI is InChI=1S/C7H9FO2S/c8-6(7(9)10)5-2-1-3-11-4-5/h1-4H2,(H,9,10). The molecule has 0 bridgehead atoms. The Bertz CT molecular complexity index is 193. The van der Waals surface area contributed by atoms with E-state index in [-0.39, 0.29) is 0 Å². The molecule has 0 atom stereocenters. The highest BCUT2D eigenvalue weighted by molar-refractivity contribution is 7.99. The van der Waals surface area contributed by atoms with Crippen LogP contribution in [0.15, 0.2) is 11.4 Å². The minimum Gasteiger partial charge on any atom is -0.476 e. The zero-order valence-corrected chi connectivity index (χ0v) is 6.79. The van der Waals surface area contributed by atoms with Gasteiger partial charge in [-0.05, 0) is 24.2 Å². The van der Waals surface area contributed by atoms with Gasteiger partial charge >= 0.3 is 5.97 Å². The second-order valence-electron chi connectivity index (χ2n) is 2.38. The first-order chi connectivity index (χ1) is 5.22. The van der Waals surface area contributed by atoms with Crippen LogP contribution >= 0.6 is 11.8 Å². The maximum atomic E-state index is 12.7. The van der Waals surface area contributed by atoms with E-state index < -0.39 is 11.8 Å². The molecule has 0 radical (unpaired) electrons. The largest absolute Gasteiger partial charge is 0.476 e. The van der Waals surface area contributed by atoms with Crippen molar-refractivity contribution in [1.29, 1.82) is 0 Å². The Balaban J connectivity index is 2.68. The highest BCUT2D eigenvalue weighted by Crippen LogP contribution is 2.25. The fourth-order valence-electron chi connectivity index (χ4n) is 0.979. The smallest absolute Gasteiger partial charge is 0.364 e. The van der Waals surface area contributed by atoms with Crippen molar-refractivity contribution in [2.24, 2.45) is 0 Å². The Hall–Kier alpha value is -0.510. The van der Waals surface area contributed by atoms with Crippen LogP contribution in [0.2, 0.25) is 0 Å². The molecule has 0 amide bonds. The fraction of sp³-hybridized carbons (Fsp3) is 0.571. The molecule has 1 saturated heterocycles. The lowest BCUT2D eigenvalue weighted by Gasteiger charge is -2.12. The number of hydrogen-bond donors (Lipinski definition) is 1. The summed E-state index contributed by atoms with van der Waals surface area (Å²) in [6.45, 7) is 0. The monoisotopic (exact) mass is 176 g/mol. The van der Waals surface area contributed by atoms with E-state index in [1.165, 1.54) is 0 Å². The predicted molar refractivity (Wildman–Crippen MR) is 42.3 cm³/mol. The summed E-state index contributed by atoms with van der Waals surface area (Å²) in [4.78, 5) is 10.2. The molecule has 0 aromatic rings. The van der Waals surface area contributed by atoms with Crippen LogP contribution in [0.3, 0.4) is 0 Å². The van der Waals surface area contributed by atoms with Crippen molar-refractivity contribution in [1.82, 2.24) is 0 Å². The minimum absolute atomic E-state index is 0.453. The van der Waals surface area contributed by atoms with Crippen LogP contribution in [0.4, 0.5) is 4.39 Å². The van der Waals surface area contributed by atoms with Crippen molar-refractivity contribution in [2.75, 3.05) is 11.5 Å². The molecule has 2 nitrogen and oxygen atoms in total. The van der Waals surface area contributed by atoms with Crippen molar-refractivity contribution in [3.05, 3.63) is 11.4 Å². The third-order valence-electron chi connectivity index (χ3n) is 1.54. The van der Waals surface area contributed by atoms with Crippen molar-refractivity contribution in [2.45, 2.75) is 12.8 Å². The number of hydrogen-bond acceptors (Lipinski definition) is 2. The van der Waals surface area contributed by atoms with Crippen LogP contribution in [-0.4, -0.2) is 22.6 Å². The van der Waals surface area contributed by atoms with Crippen molar-refractivity contribution in [3.63, 3.8) is 0 Å². The van der Waals surface area contributed by atoms with Crippen LogP contribution < -0.4 is 0 Å². The van der Waals surface area contributed by atoms with Crippen molar-refractivity contribution >= 4 is 17.7 Å². The van der Waals surface area contributed by atoms with Gasteiger partial charge in [-0.2, -0.15) is 16.2 Å². The highest BCUT2D eigenvalue weighted by atomic mass is 32.2. The Morgan fingerprint density at radius 2 is 2.36 bits per heavy atom. The van der Waals surface area contributed by atoms with Crippen molar-refractivity contribution in [3.8, 4) is 0 Å². The molecule has 1 aliphatic heterocycles. The molecule has 1 aliphatic rings. The van der Waals surface area contributed by atoms with Crippen LogP contribution in [0, 0.1) is 0 Å². The van der Waals surface area contributed by atoms with Crippen molar-refractivity contribution < 1.29 is 14.3 Å². The normalized spacial score (nSPS) is 23.0. The van der Waals surface area contributed by atoms with Gasteiger partial charge < -0.3 is 5.11 Å². The summed E-state index contributed by atoms with van der Waals surface area (Å²) in [6.07, 6.45) is 1.49. The van der Waals surface area contributed by atoms with Gasteiger partial charge in [0, 0.05) is 5.75 Å². The Morgan fingerprint density at radius 3 is 2.82 bits per heavy atom. The van der Waals surface area contributed by atoms with E-state index >= 15 is 0 Å². The molecule has 0 aromatic carbocycles. The lowest BCUT2D eigenvalue weighted by Crippen LogP contribution is -2.06. The number of halogens is 1. The van der Waals surface area contributed by atoms with E-state index in [4.69, 9.17) is 5.11 Å². The van der Waals surface area contributed by atoms with Gasteiger partial charge in [-0.3, -0.25) is 0 Å².